The van der Waals surface area contributed by atoms with Crippen molar-refractivity contribution < 1.29 is 19.1 Å². The second kappa shape index (κ2) is 16.1. The van der Waals surface area contributed by atoms with Gasteiger partial charge in [-0.2, -0.15) is 0 Å². The summed E-state index contributed by atoms with van der Waals surface area (Å²) in [6.07, 6.45) is 14.5. The fourth-order valence-corrected chi connectivity index (χ4v) is 6.30. The quantitative estimate of drug-likeness (QED) is 0.0866. The lowest BCUT2D eigenvalue weighted by molar-refractivity contribution is -0.140. The van der Waals surface area contributed by atoms with Gasteiger partial charge in [-0.1, -0.05) is 73.5 Å². The molecule has 0 aromatic rings. The third-order valence-electron chi connectivity index (χ3n) is 5.41. The molecule has 0 bridgehead atoms. The first-order valence-corrected chi connectivity index (χ1v) is 14.3. The molecule has 0 saturated carbocycles. The number of aliphatic hydroxyl groups is 1. The van der Waals surface area contributed by atoms with Crippen LogP contribution in [-0.4, -0.2) is 38.2 Å². The van der Waals surface area contributed by atoms with Gasteiger partial charge in [0.05, 0.1) is 18.8 Å². The number of esters is 1. The van der Waals surface area contributed by atoms with Crippen molar-refractivity contribution in [3.8, 4) is 0 Å². The number of hydrogen-bond donors (Lipinski definition) is 1. The molecule has 0 aromatic carbocycles. The van der Waals surface area contributed by atoms with Gasteiger partial charge < -0.3 is 14.3 Å². The van der Waals surface area contributed by atoms with Crippen molar-refractivity contribution in [3.05, 3.63) is 35.4 Å². The van der Waals surface area contributed by atoms with Crippen molar-refractivity contribution >= 4 is 30.2 Å². The predicted molar refractivity (Wildman–Crippen MR) is 129 cm³/mol. The Bertz CT molecular complexity index is 517. The summed E-state index contributed by atoms with van der Waals surface area (Å²) < 4.78 is 11.3. The van der Waals surface area contributed by atoms with Crippen molar-refractivity contribution in [3.63, 3.8) is 0 Å². The summed E-state index contributed by atoms with van der Waals surface area (Å²) in [5, 5.41) is 10.9. The number of ether oxygens (including phenoxy) is 1. The van der Waals surface area contributed by atoms with Crippen molar-refractivity contribution in [2.75, 3.05) is 7.11 Å². The molecule has 0 heterocycles. The molecule has 0 amide bonds. The fraction of sp³-hybridized carbons (Fsp3) is 0.696. The predicted octanol–water partition coefficient (Wildman–Crippen LogP) is 6.66. The Morgan fingerprint density at radius 1 is 1.14 bits per heavy atom. The molecular weight excluding hydrogens is 448 g/mol. The molecule has 0 aliphatic rings. The van der Waals surface area contributed by atoms with Crippen LogP contribution in [-0.2, 0) is 14.0 Å². The standard InChI is InChI=1S/C23H41BrO4Si/c1-6-29(7-2,8-3)28-21(16-13-15-19-24)20-23(4,26)18-14-11-9-10-12-17-22(25)27-5/h13-16,18-19,21,26H,6-12,17,20H2,1-5H3/b16-13+,18-14+,19-15+/t21-,23?/m0/s1. The zero-order valence-corrected chi connectivity index (χ0v) is 21.5. The van der Waals surface area contributed by atoms with E-state index in [9.17, 15) is 9.90 Å². The molecule has 0 aliphatic heterocycles. The molecule has 6 heteroatoms. The molecule has 0 saturated heterocycles. The van der Waals surface area contributed by atoms with E-state index in [4.69, 9.17) is 4.43 Å². The number of rotatable bonds is 16. The number of halogens is 1. The number of carbonyl (C=O) groups is 1. The largest absolute Gasteiger partial charge is 0.469 e. The van der Waals surface area contributed by atoms with Gasteiger partial charge in [0.2, 0.25) is 0 Å². The zero-order valence-electron chi connectivity index (χ0n) is 19.0. The highest BCUT2D eigenvalue weighted by Gasteiger charge is 2.33. The Morgan fingerprint density at radius 3 is 2.34 bits per heavy atom. The molecule has 0 radical (unpaired) electrons. The van der Waals surface area contributed by atoms with Crippen LogP contribution in [0.5, 0.6) is 0 Å². The van der Waals surface area contributed by atoms with E-state index in [0.717, 1.165) is 43.8 Å². The van der Waals surface area contributed by atoms with Gasteiger partial charge >= 0.3 is 5.97 Å². The topological polar surface area (TPSA) is 55.8 Å². The van der Waals surface area contributed by atoms with E-state index in [1.54, 1.807) is 0 Å². The summed E-state index contributed by atoms with van der Waals surface area (Å²) in [4.78, 5) is 12.9. The van der Waals surface area contributed by atoms with Crippen molar-refractivity contribution in [2.24, 2.45) is 0 Å². The first kappa shape index (κ1) is 28.3. The van der Waals surface area contributed by atoms with Gasteiger partial charge in [0.1, 0.15) is 0 Å². The third-order valence-corrected chi connectivity index (χ3v) is 10.4. The number of unbranched alkanes of at least 4 members (excludes halogenated alkanes) is 3. The smallest absolute Gasteiger partial charge is 0.305 e. The second-order valence-corrected chi connectivity index (χ2v) is 13.0. The van der Waals surface area contributed by atoms with Crippen LogP contribution in [0.15, 0.2) is 35.4 Å². The minimum Gasteiger partial charge on any atom is -0.469 e. The van der Waals surface area contributed by atoms with Crippen molar-refractivity contribution in [1.82, 2.24) is 0 Å². The van der Waals surface area contributed by atoms with Gasteiger partial charge in [-0.15, -0.1) is 0 Å². The number of hydrogen-bond acceptors (Lipinski definition) is 4. The summed E-state index contributed by atoms with van der Waals surface area (Å²) in [5.74, 6) is -0.150. The van der Waals surface area contributed by atoms with E-state index < -0.39 is 13.9 Å². The molecular formula is C23H41BrO4Si. The van der Waals surface area contributed by atoms with Crippen molar-refractivity contribution in [2.45, 2.75) is 96.1 Å². The summed E-state index contributed by atoms with van der Waals surface area (Å²) >= 11 is 3.29. The van der Waals surface area contributed by atoms with Crippen LogP contribution in [0.25, 0.3) is 0 Å². The van der Waals surface area contributed by atoms with E-state index >= 15 is 0 Å². The molecule has 0 spiro atoms. The Labute approximate surface area is 187 Å². The summed E-state index contributed by atoms with van der Waals surface area (Å²) in [5.41, 5.74) is -0.922. The molecule has 1 unspecified atom stereocenters. The van der Waals surface area contributed by atoms with Crippen LogP contribution in [0.2, 0.25) is 18.1 Å². The SMILES string of the molecule is CC[Si](CC)(CC)O[C@@H](/C=C/C=C/Br)CC(C)(O)/C=C/CCCCCC(=O)OC. The van der Waals surface area contributed by atoms with Gasteiger partial charge in [0.25, 0.3) is 0 Å². The van der Waals surface area contributed by atoms with Crippen LogP contribution in [0.1, 0.15) is 66.2 Å². The fourth-order valence-electron chi connectivity index (χ4n) is 3.32. The van der Waals surface area contributed by atoms with Crippen LogP contribution >= 0.6 is 15.9 Å². The molecule has 4 nitrogen and oxygen atoms in total. The van der Waals surface area contributed by atoms with E-state index in [-0.39, 0.29) is 12.1 Å². The molecule has 168 valence electrons. The molecule has 0 rings (SSSR count). The lowest BCUT2D eigenvalue weighted by Crippen LogP contribution is -2.41. The van der Waals surface area contributed by atoms with Gasteiger partial charge in [-0.25, -0.2) is 0 Å². The average molecular weight is 490 g/mol. The number of allylic oxidation sites excluding steroid dienone is 3. The lowest BCUT2D eigenvalue weighted by atomic mass is 9.97. The van der Waals surface area contributed by atoms with Gasteiger partial charge in [0.15, 0.2) is 8.32 Å². The zero-order chi connectivity index (χ0) is 22.2. The van der Waals surface area contributed by atoms with Crippen LogP contribution in [0.4, 0.5) is 0 Å². The van der Waals surface area contributed by atoms with Gasteiger partial charge in [-0.05, 0) is 49.3 Å². The van der Waals surface area contributed by atoms with Crippen molar-refractivity contribution in [1.29, 1.82) is 0 Å². The summed E-state index contributed by atoms with van der Waals surface area (Å²) in [6, 6.07) is 3.26. The minimum atomic E-state index is -1.77. The van der Waals surface area contributed by atoms with Crippen LogP contribution in [0, 0.1) is 0 Å². The molecule has 0 fully saturated rings. The number of methoxy groups -OCH3 is 1. The van der Waals surface area contributed by atoms with E-state index in [2.05, 4.69) is 47.5 Å². The first-order valence-electron chi connectivity index (χ1n) is 10.9. The lowest BCUT2D eigenvalue weighted by Gasteiger charge is -2.34. The maximum Gasteiger partial charge on any atom is 0.305 e. The Kier molecular flexibility index (Phi) is 15.7. The highest BCUT2D eigenvalue weighted by molar-refractivity contribution is 9.11. The minimum absolute atomic E-state index is 0.107. The average Bonchev–Trinajstić information content (AvgIpc) is 2.70. The third kappa shape index (κ3) is 13.3. The van der Waals surface area contributed by atoms with Crippen LogP contribution in [0.3, 0.4) is 0 Å². The van der Waals surface area contributed by atoms with Gasteiger partial charge in [-0.3, -0.25) is 4.79 Å². The molecule has 0 aliphatic carbocycles. The summed E-state index contributed by atoms with van der Waals surface area (Å²) in [6.45, 7) is 8.50. The Hall–Kier alpha value is -0.693. The molecule has 0 aromatic heterocycles. The Balaban J connectivity index is 4.78. The Morgan fingerprint density at radius 2 is 1.79 bits per heavy atom. The monoisotopic (exact) mass is 488 g/mol. The number of carbonyl (C=O) groups excluding carboxylic acids is 1. The molecule has 2 atom stereocenters. The second-order valence-electron chi connectivity index (χ2n) is 7.74. The normalized spacial score (nSPS) is 16.0. The summed E-state index contributed by atoms with van der Waals surface area (Å²) in [7, 11) is -0.346. The highest BCUT2D eigenvalue weighted by atomic mass is 79.9. The van der Waals surface area contributed by atoms with E-state index in [0.29, 0.717) is 12.8 Å². The van der Waals surface area contributed by atoms with E-state index in [1.165, 1.54) is 7.11 Å². The maximum absolute atomic E-state index is 11.1. The first-order chi connectivity index (χ1) is 13.8. The maximum atomic E-state index is 11.1. The van der Waals surface area contributed by atoms with Crippen LogP contribution < -0.4 is 0 Å². The highest BCUT2D eigenvalue weighted by Crippen LogP contribution is 2.27. The van der Waals surface area contributed by atoms with E-state index in [1.807, 2.05) is 36.2 Å². The molecule has 1 N–H and O–H groups in total. The van der Waals surface area contributed by atoms with Gasteiger partial charge in [0, 0.05) is 12.8 Å². The molecule has 29 heavy (non-hydrogen) atoms.